The third-order valence-electron chi connectivity index (χ3n) is 3.67. The summed E-state index contributed by atoms with van der Waals surface area (Å²) in [5.74, 6) is 0. The Hall–Kier alpha value is -2.86. The second kappa shape index (κ2) is 5.26. The Bertz CT molecular complexity index is 806. The average Bonchev–Trinajstić information content (AvgIpc) is 2.83. The van der Waals surface area contributed by atoms with E-state index in [-0.39, 0.29) is 0 Å². The third-order valence-corrected chi connectivity index (χ3v) is 3.67. The predicted octanol–water partition coefficient (Wildman–Crippen LogP) is 4.03. The Morgan fingerprint density at radius 2 is 1.86 bits per heavy atom. The van der Waals surface area contributed by atoms with Gasteiger partial charge in [-0.25, -0.2) is 0 Å². The minimum atomic E-state index is 0.681. The van der Waals surface area contributed by atoms with Gasteiger partial charge in [-0.2, -0.15) is 5.26 Å². The summed E-state index contributed by atoms with van der Waals surface area (Å²) in [7, 11) is 0. The number of aromatic nitrogens is 2. The van der Waals surface area contributed by atoms with Crippen molar-refractivity contribution in [3.63, 3.8) is 0 Å². The minimum absolute atomic E-state index is 0.681. The molecule has 0 bridgehead atoms. The largest absolute Gasteiger partial charge is 0.319 e. The maximum atomic E-state index is 8.90. The van der Waals surface area contributed by atoms with Gasteiger partial charge in [-0.3, -0.25) is 4.98 Å². The van der Waals surface area contributed by atoms with Crippen molar-refractivity contribution in [2.24, 2.45) is 0 Å². The SMILES string of the molecule is Cc1cn(-c2cccnc2)c(C)c1-c1ccc(C#N)cc1. The predicted molar refractivity (Wildman–Crippen MR) is 83.2 cm³/mol. The zero-order valence-electron chi connectivity index (χ0n) is 12.0. The first-order valence-electron chi connectivity index (χ1n) is 6.80. The number of rotatable bonds is 2. The first-order valence-corrected chi connectivity index (χ1v) is 6.80. The van der Waals surface area contributed by atoms with Crippen molar-refractivity contribution in [3.05, 3.63) is 71.8 Å². The summed E-state index contributed by atoms with van der Waals surface area (Å²) in [6, 6.07) is 13.8. The van der Waals surface area contributed by atoms with Gasteiger partial charge in [0, 0.05) is 23.7 Å². The number of hydrogen-bond acceptors (Lipinski definition) is 2. The van der Waals surface area contributed by atoms with E-state index in [1.54, 1.807) is 6.20 Å². The van der Waals surface area contributed by atoms with Crippen LogP contribution in [0.4, 0.5) is 0 Å². The van der Waals surface area contributed by atoms with E-state index in [2.05, 4.69) is 35.7 Å². The highest BCUT2D eigenvalue weighted by Gasteiger charge is 2.12. The average molecular weight is 273 g/mol. The molecule has 3 aromatic rings. The van der Waals surface area contributed by atoms with Gasteiger partial charge < -0.3 is 4.57 Å². The van der Waals surface area contributed by atoms with Crippen LogP contribution in [0.1, 0.15) is 16.8 Å². The van der Waals surface area contributed by atoms with Crippen molar-refractivity contribution in [2.45, 2.75) is 13.8 Å². The van der Waals surface area contributed by atoms with Gasteiger partial charge in [0.05, 0.1) is 23.5 Å². The lowest BCUT2D eigenvalue weighted by Crippen LogP contribution is -1.95. The van der Waals surface area contributed by atoms with Gasteiger partial charge in [0.25, 0.3) is 0 Å². The highest BCUT2D eigenvalue weighted by Crippen LogP contribution is 2.30. The molecule has 0 saturated heterocycles. The number of nitrogens with zero attached hydrogens (tertiary/aromatic N) is 3. The molecule has 1 aromatic carbocycles. The van der Waals surface area contributed by atoms with E-state index in [9.17, 15) is 0 Å². The fraction of sp³-hybridized carbons (Fsp3) is 0.111. The Morgan fingerprint density at radius 1 is 1.10 bits per heavy atom. The molecule has 2 aromatic heterocycles. The first kappa shape index (κ1) is 13.1. The maximum absolute atomic E-state index is 8.90. The number of aryl methyl sites for hydroxylation is 1. The number of hydrogen-bond donors (Lipinski definition) is 0. The van der Waals surface area contributed by atoms with Gasteiger partial charge in [-0.05, 0) is 49.2 Å². The monoisotopic (exact) mass is 273 g/mol. The van der Waals surface area contributed by atoms with E-state index in [0.717, 1.165) is 11.3 Å². The second-order valence-corrected chi connectivity index (χ2v) is 5.04. The van der Waals surface area contributed by atoms with Gasteiger partial charge in [0.15, 0.2) is 0 Å². The zero-order valence-corrected chi connectivity index (χ0v) is 12.0. The van der Waals surface area contributed by atoms with Crippen LogP contribution in [0.3, 0.4) is 0 Å². The molecule has 0 atom stereocenters. The zero-order chi connectivity index (χ0) is 14.8. The molecule has 0 aliphatic rings. The smallest absolute Gasteiger partial charge is 0.0991 e. The van der Waals surface area contributed by atoms with Crippen molar-refractivity contribution in [3.8, 4) is 22.9 Å². The fourth-order valence-corrected chi connectivity index (χ4v) is 2.67. The van der Waals surface area contributed by atoms with Crippen LogP contribution in [-0.2, 0) is 0 Å². The summed E-state index contributed by atoms with van der Waals surface area (Å²) >= 11 is 0. The molecule has 0 amide bonds. The molecular formula is C18H15N3. The minimum Gasteiger partial charge on any atom is -0.319 e. The summed E-state index contributed by atoms with van der Waals surface area (Å²) in [6.45, 7) is 4.21. The lowest BCUT2D eigenvalue weighted by Gasteiger charge is -2.07. The molecule has 0 fully saturated rings. The third kappa shape index (κ3) is 2.32. The van der Waals surface area contributed by atoms with Crippen molar-refractivity contribution >= 4 is 0 Å². The van der Waals surface area contributed by atoms with E-state index in [0.29, 0.717) is 5.56 Å². The standard InChI is InChI=1S/C18H15N3/c1-13-12-21(17-4-3-9-20-11-17)14(2)18(13)16-7-5-15(10-19)6-8-16/h3-9,11-12H,1-2H3. The van der Waals surface area contributed by atoms with E-state index in [1.807, 2.05) is 42.6 Å². The van der Waals surface area contributed by atoms with Crippen LogP contribution in [-0.4, -0.2) is 9.55 Å². The number of benzene rings is 1. The molecule has 0 radical (unpaired) electrons. The molecule has 0 aliphatic heterocycles. The maximum Gasteiger partial charge on any atom is 0.0991 e. The van der Waals surface area contributed by atoms with Crippen LogP contribution in [0, 0.1) is 25.2 Å². The molecule has 0 aliphatic carbocycles. The van der Waals surface area contributed by atoms with E-state index in [4.69, 9.17) is 5.26 Å². The summed E-state index contributed by atoms with van der Waals surface area (Å²) in [5, 5.41) is 8.90. The Labute approximate surface area is 124 Å². The van der Waals surface area contributed by atoms with Crippen molar-refractivity contribution in [1.82, 2.24) is 9.55 Å². The van der Waals surface area contributed by atoms with Crippen LogP contribution in [0.2, 0.25) is 0 Å². The molecule has 2 heterocycles. The van der Waals surface area contributed by atoms with Crippen LogP contribution < -0.4 is 0 Å². The lowest BCUT2D eigenvalue weighted by atomic mass is 10.0. The molecule has 3 heteroatoms. The molecule has 0 saturated carbocycles. The van der Waals surface area contributed by atoms with E-state index in [1.165, 1.54) is 16.8 Å². The fourth-order valence-electron chi connectivity index (χ4n) is 2.67. The molecule has 102 valence electrons. The van der Waals surface area contributed by atoms with Gasteiger partial charge in [0.2, 0.25) is 0 Å². The quantitative estimate of drug-likeness (QED) is 0.707. The number of nitriles is 1. The summed E-state index contributed by atoms with van der Waals surface area (Å²) in [5.41, 5.74) is 6.46. The van der Waals surface area contributed by atoms with Gasteiger partial charge in [-0.1, -0.05) is 12.1 Å². The summed E-state index contributed by atoms with van der Waals surface area (Å²) in [6.07, 6.45) is 5.76. The van der Waals surface area contributed by atoms with Crippen molar-refractivity contribution in [2.75, 3.05) is 0 Å². The Balaban J connectivity index is 2.12. The summed E-state index contributed by atoms with van der Waals surface area (Å²) in [4.78, 5) is 4.18. The molecule has 0 spiro atoms. The first-order chi connectivity index (χ1) is 10.2. The van der Waals surface area contributed by atoms with Crippen LogP contribution in [0.15, 0.2) is 55.0 Å². The highest BCUT2D eigenvalue weighted by molar-refractivity contribution is 5.71. The van der Waals surface area contributed by atoms with Crippen LogP contribution in [0.5, 0.6) is 0 Å². The molecule has 21 heavy (non-hydrogen) atoms. The van der Waals surface area contributed by atoms with Crippen molar-refractivity contribution in [1.29, 1.82) is 5.26 Å². The molecule has 3 rings (SSSR count). The Kier molecular flexibility index (Phi) is 3.29. The van der Waals surface area contributed by atoms with Gasteiger partial charge >= 0.3 is 0 Å². The number of pyridine rings is 1. The molecule has 0 N–H and O–H groups in total. The topological polar surface area (TPSA) is 41.6 Å². The molecular weight excluding hydrogens is 258 g/mol. The van der Waals surface area contributed by atoms with E-state index < -0.39 is 0 Å². The van der Waals surface area contributed by atoms with Crippen LogP contribution in [0.25, 0.3) is 16.8 Å². The Morgan fingerprint density at radius 3 is 2.48 bits per heavy atom. The lowest BCUT2D eigenvalue weighted by molar-refractivity contribution is 1.00. The van der Waals surface area contributed by atoms with Gasteiger partial charge in [0.1, 0.15) is 0 Å². The van der Waals surface area contributed by atoms with Crippen molar-refractivity contribution < 1.29 is 0 Å². The normalized spacial score (nSPS) is 10.3. The van der Waals surface area contributed by atoms with E-state index >= 15 is 0 Å². The van der Waals surface area contributed by atoms with Crippen LogP contribution >= 0.6 is 0 Å². The second-order valence-electron chi connectivity index (χ2n) is 5.04. The molecule has 3 nitrogen and oxygen atoms in total. The highest BCUT2D eigenvalue weighted by atomic mass is 15.0. The summed E-state index contributed by atoms with van der Waals surface area (Å²) < 4.78 is 2.15. The molecule has 0 unspecified atom stereocenters. The van der Waals surface area contributed by atoms with Gasteiger partial charge in [-0.15, -0.1) is 0 Å².